The number of aryl methyl sites for hydroxylation is 2. The van der Waals surface area contributed by atoms with E-state index >= 15 is 0 Å². The first-order valence-electron chi connectivity index (χ1n) is 9.28. The lowest BCUT2D eigenvalue weighted by atomic mass is 10.1. The Labute approximate surface area is 167 Å². The summed E-state index contributed by atoms with van der Waals surface area (Å²) in [5.41, 5.74) is 2.71. The summed E-state index contributed by atoms with van der Waals surface area (Å²) in [7, 11) is -3.62. The summed E-state index contributed by atoms with van der Waals surface area (Å²) >= 11 is 0. The van der Waals surface area contributed by atoms with Crippen molar-refractivity contribution in [2.45, 2.75) is 33.2 Å². The van der Waals surface area contributed by atoms with Crippen molar-refractivity contribution in [2.75, 3.05) is 23.7 Å². The first-order valence-corrected chi connectivity index (χ1v) is 11.1. The molecule has 0 saturated carbocycles. The molecule has 152 valence electrons. The minimum absolute atomic E-state index is 0.281. The fourth-order valence-electron chi connectivity index (χ4n) is 2.81. The van der Waals surface area contributed by atoms with Gasteiger partial charge in [0, 0.05) is 0 Å². The molecule has 0 aromatic heterocycles. The van der Waals surface area contributed by atoms with Crippen molar-refractivity contribution < 1.29 is 17.9 Å². The third kappa shape index (κ3) is 5.99. The third-order valence-corrected chi connectivity index (χ3v) is 5.62. The quantitative estimate of drug-likeness (QED) is 0.652. The number of sulfonamides is 1. The van der Waals surface area contributed by atoms with E-state index in [-0.39, 0.29) is 12.5 Å². The number of nitrogens with one attached hydrogen (secondary N) is 1. The van der Waals surface area contributed by atoms with E-state index in [4.69, 9.17) is 4.74 Å². The average Bonchev–Trinajstić information content (AvgIpc) is 2.66. The van der Waals surface area contributed by atoms with Gasteiger partial charge in [-0.15, -0.1) is 0 Å². The number of amides is 1. The third-order valence-electron chi connectivity index (χ3n) is 4.38. The fraction of sp³-hybridized carbons (Fsp3) is 0.381. The van der Waals surface area contributed by atoms with Crippen LogP contribution in [0.5, 0.6) is 5.75 Å². The number of hydrogen-bond acceptors (Lipinski definition) is 4. The minimum Gasteiger partial charge on any atom is -0.492 e. The van der Waals surface area contributed by atoms with Crippen LogP contribution in [0.15, 0.2) is 48.5 Å². The lowest BCUT2D eigenvalue weighted by Gasteiger charge is -2.28. The van der Waals surface area contributed by atoms with Gasteiger partial charge in [0.25, 0.3) is 0 Å². The Bertz CT molecular complexity index is 878. The number of rotatable bonds is 9. The standard InChI is InChI=1S/C21H28N2O4S/c1-5-18-8-10-19(11-9-18)23(28(4,25)26)17(3)21(24)22-14-15-27-20-12-6-16(2)7-13-20/h6-13,17H,5,14-15H2,1-4H3,(H,22,24)/t17-/m0/s1. The molecule has 0 radical (unpaired) electrons. The SMILES string of the molecule is CCc1ccc(N([C@@H](C)C(=O)NCCOc2ccc(C)cc2)S(C)(=O)=O)cc1. The molecular weight excluding hydrogens is 376 g/mol. The molecule has 1 amide bonds. The van der Waals surface area contributed by atoms with Crippen molar-refractivity contribution in [3.05, 3.63) is 59.7 Å². The number of carbonyl (C=O) groups excluding carboxylic acids is 1. The Morgan fingerprint density at radius 1 is 1.11 bits per heavy atom. The summed E-state index contributed by atoms with van der Waals surface area (Å²) in [4.78, 5) is 12.5. The van der Waals surface area contributed by atoms with E-state index < -0.39 is 16.1 Å². The van der Waals surface area contributed by atoms with Crippen LogP contribution in [0, 0.1) is 6.92 Å². The predicted molar refractivity (Wildman–Crippen MR) is 112 cm³/mol. The maximum Gasteiger partial charge on any atom is 0.243 e. The summed E-state index contributed by atoms with van der Waals surface area (Å²) in [6.45, 7) is 6.17. The maximum atomic E-state index is 12.5. The summed E-state index contributed by atoms with van der Waals surface area (Å²) in [5, 5.41) is 2.74. The molecule has 1 N–H and O–H groups in total. The first-order chi connectivity index (χ1) is 13.2. The smallest absolute Gasteiger partial charge is 0.243 e. The lowest BCUT2D eigenvalue weighted by Crippen LogP contribution is -2.48. The second-order valence-corrected chi connectivity index (χ2v) is 8.57. The number of nitrogens with zero attached hydrogens (tertiary/aromatic N) is 1. The van der Waals surface area contributed by atoms with Gasteiger partial charge in [-0.25, -0.2) is 8.42 Å². The van der Waals surface area contributed by atoms with Crippen LogP contribution >= 0.6 is 0 Å². The van der Waals surface area contributed by atoms with Crippen molar-refractivity contribution in [3.63, 3.8) is 0 Å². The van der Waals surface area contributed by atoms with E-state index in [9.17, 15) is 13.2 Å². The zero-order valence-electron chi connectivity index (χ0n) is 16.8. The fourth-order valence-corrected chi connectivity index (χ4v) is 3.99. The van der Waals surface area contributed by atoms with Gasteiger partial charge in [0.15, 0.2) is 0 Å². The molecule has 6 nitrogen and oxygen atoms in total. The molecule has 0 spiro atoms. The monoisotopic (exact) mass is 404 g/mol. The highest BCUT2D eigenvalue weighted by atomic mass is 32.2. The van der Waals surface area contributed by atoms with Crippen molar-refractivity contribution in [3.8, 4) is 5.75 Å². The Morgan fingerprint density at radius 2 is 1.71 bits per heavy atom. The molecule has 0 unspecified atom stereocenters. The number of ether oxygens (including phenoxy) is 1. The molecule has 28 heavy (non-hydrogen) atoms. The minimum atomic E-state index is -3.62. The van der Waals surface area contributed by atoms with E-state index in [1.165, 1.54) is 0 Å². The Balaban J connectivity index is 1.97. The molecule has 1 atom stereocenters. The highest BCUT2D eigenvalue weighted by Crippen LogP contribution is 2.21. The Morgan fingerprint density at radius 3 is 2.25 bits per heavy atom. The van der Waals surface area contributed by atoms with Crippen LogP contribution in [0.2, 0.25) is 0 Å². The molecular formula is C21H28N2O4S. The van der Waals surface area contributed by atoms with Crippen LogP contribution in [0.3, 0.4) is 0 Å². The molecule has 2 aromatic carbocycles. The average molecular weight is 405 g/mol. The summed E-state index contributed by atoms with van der Waals surface area (Å²) in [6, 6.07) is 13.9. The molecule has 0 aliphatic rings. The van der Waals surface area contributed by atoms with Crippen molar-refractivity contribution >= 4 is 21.6 Å². The van der Waals surface area contributed by atoms with Gasteiger partial charge < -0.3 is 10.1 Å². The molecule has 0 saturated heterocycles. The molecule has 0 bridgehead atoms. The summed E-state index contributed by atoms with van der Waals surface area (Å²) in [5.74, 6) is 0.346. The van der Waals surface area contributed by atoms with Crippen molar-refractivity contribution in [1.82, 2.24) is 5.32 Å². The van der Waals surface area contributed by atoms with E-state index in [2.05, 4.69) is 5.32 Å². The van der Waals surface area contributed by atoms with Crippen LogP contribution < -0.4 is 14.4 Å². The largest absolute Gasteiger partial charge is 0.492 e. The van der Waals surface area contributed by atoms with E-state index in [0.717, 1.165) is 33.9 Å². The molecule has 2 aromatic rings. The van der Waals surface area contributed by atoms with Gasteiger partial charge in [-0.05, 0) is 50.1 Å². The maximum absolute atomic E-state index is 12.5. The molecule has 0 aliphatic heterocycles. The van der Waals surface area contributed by atoms with Crippen LogP contribution in [0.25, 0.3) is 0 Å². The number of benzene rings is 2. The zero-order chi connectivity index (χ0) is 20.7. The Hall–Kier alpha value is -2.54. The normalized spacial score (nSPS) is 12.3. The highest BCUT2D eigenvalue weighted by molar-refractivity contribution is 7.92. The van der Waals surface area contributed by atoms with Gasteiger partial charge in [-0.1, -0.05) is 36.8 Å². The van der Waals surface area contributed by atoms with Crippen molar-refractivity contribution in [2.24, 2.45) is 0 Å². The topological polar surface area (TPSA) is 75.7 Å². The summed E-state index contributed by atoms with van der Waals surface area (Å²) in [6.07, 6.45) is 1.96. The van der Waals surface area contributed by atoms with E-state index in [1.54, 1.807) is 19.1 Å². The van der Waals surface area contributed by atoms with Gasteiger partial charge in [0.1, 0.15) is 18.4 Å². The van der Waals surface area contributed by atoms with Crippen molar-refractivity contribution in [1.29, 1.82) is 0 Å². The lowest BCUT2D eigenvalue weighted by molar-refractivity contribution is -0.121. The number of hydrogen-bond donors (Lipinski definition) is 1. The van der Waals surface area contributed by atoms with Crippen LogP contribution in [-0.2, 0) is 21.2 Å². The molecule has 0 fully saturated rings. The Kier molecular flexibility index (Phi) is 7.45. The van der Waals surface area contributed by atoms with E-state index in [1.807, 2.05) is 50.2 Å². The highest BCUT2D eigenvalue weighted by Gasteiger charge is 2.28. The van der Waals surface area contributed by atoms with Gasteiger partial charge in [0.05, 0.1) is 18.5 Å². The second kappa shape index (κ2) is 9.59. The molecule has 2 rings (SSSR count). The molecule has 0 aliphatic carbocycles. The van der Waals surface area contributed by atoms with Gasteiger partial charge in [-0.2, -0.15) is 0 Å². The van der Waals surface area contributed by atoms with Crippen LogP contribution in [0.1, 0.15) is 25.0 Å². The summed E-state index contributed by atoms with van der Waals surface area (Å²) < 4.78 is 31.3. The molecule has 0 heterocycles. The van der Waals surface area contributed by atoms with Gasteiger partial charge in [0.2, 0.25) is 15.9 Å². The first kappa shape index (κ1) is 21.8. The zero-order valence-corrected chi connectivity index (χ0v) is 17.6. The number of anilines is 1. The van der Waals surface area contributed by atoms with Crippen LogP contribution in [0.4, 0.5) is 5.69 Å². The van der Waals surface area contributed by atoms with Gasteiger partial charge in [-0.3, -0.25) is 9.10 Å². The second-order valence-electron chi connectivity index (χ2n) is 6.71. The predicted octanol–water partition coefficient (Wildman–Crippen LogP) is 2.91. The van der Waals surface area contributed by atoms with Crippen LogP contribution in [-0.4, -0.2) is 39.8 Å². The number of carbonyl (C=O) groups is 1. The molecule has 7 heteroatoms. The van der Waals surface area contributed by atoms with Gasteiger partial charge >= 0.3 is 0 Å². The van der Waals surface area contributed by atoms with E-state index in [0.29, 0.717) is 12.3 Å².